The van der Waals surface area contributed by atoms with E-state index >= 15 is 0 Å². The average molecular weight is 491 g/mol. The third kappa shape index (κ3) is 6.77. The van der Waals surface area contributed by atoms with E-state index in [0.29, 0.717) is 18.0 Å². The maximum Gasteiger partial charge on any atom is 0.243 e. The molecule has 0 saturated carbocycles. The van der Waals surface area contributed by atoms with Crippen LogP contribution in [0.1, 0.15) is 11.1 Å². The molecule has 3 aromatic rings. The maximum absolute atomic E-state index is 14.2. The fourth-order valence-corrected chi connectivity index (χ4v) is 4.65. The van der Waals surface area contributed by atoms with Gasteiger partial charge in [0.2, 0.25) is 15.9 Å². The van der Waals surface area contributed by atoms with Crippen LogP contribution >= 0.6 is 11.6 Å². The van der Waals surface area contributed by atoms with Gasteiger partial charge in [-0.15, -0.1) is 0 Å². The Morgan fingerprint density at radius 2 is 1.70 bits per heavy atom. The lowest BCUT2D eigenvalue weighted by Crippen LogP contribution is -2.41. The van der Waals surface area contributed by atoms with Crippen molar-refractivity contribution in [3.05, 3.63) is 94.8 Å². The van der Waals surface area contributed by atoms with Gasteiger partial charge in [0.15, 0.2) is 0 Å². The first kappa shape index (κ1) is 24.7. The van der Waals surface area contributed by atoms with E-state index in [1.165, 1.54) is 42.5 Å². The monoisotopic (exact) mass is 490 g/mol. The number of benzene rings is 3. The van der Waals surface area contributed by atoms with Crippen LogP contribution in [-0.4, -0.2) is 38.8 Å². The lowest BCUT2D eigenvalue weighted by molar-refractivity contribution is -0.121. The van der Waals surface area contributed by atoms with Crippen molar-refractivity contribution < 1.29 is 22.3 Å². The first-order chi connectivity index (χ1) is 15.8. The molecule has 1 N–H and O–H groups in total. The minimum atomic E-state index is -4.08. The Hall–Kier alpha value is -2.94. The van der Waals surface area contributed by atoms with E-state index in [0.717, 1.165) is 15.6 Å². The Kier molecular flexibility index (Phi) is 8.43. The molecule has 3 rings (SSSR count). The van der Waals surface area contributed by atoms with Gasteiger partial charge in [-0.05, 0) is 54.4 Å². The number of carbonyl (C=O) groups excluding carboxylic acids is 1. The predicted octanol–water partition coefficient (Wildman–Crippen LogP) is 4.04. The predicted molar refractivity (Wildman–Crippen MR) is 125 cm³/mol. The molecular weight excluding hydrogens is 467 g/mol. The third-order valence-corrected chi connectivity index (χ3v) is 7.03. The van der Waals surface area contributed by atoms with E-state index in [1.807, 2.05) is 24.3 Å². The number of ether oxygens (including phenoxy) is 1. The van der Waals surface area contributed by atoms with Crippen molar-refractivity contribution in [3.63, 3.8) is 0 Å². The quantitative estimate of drug-likeness (QED) is 0.465. The average Bonchev–Trinajstić information content (AvgIpc) is 2.80. The Balaban J connectivity index is 1.72. The highest BCUT2D eigenvalue weighted by Crippen LogP contribution is 2.21. The number of amides is 1. The second-order valence-electron chi connectivity index (χ2n) is 7.27. The Morgan fingerprint density at radius 3 is 2.33 bits per heavy atom. The second-order valence-corrected chi connectivity index (χ2v) is 9.64. The van der Waals surface area contributed by atoms with Gasteiger partial charge < -0.3 is 10.1 Å². The molecule has 1 amide bonds. The zero-order valence-corrected chi connectivity index (χ0v) is 19.6. The van der Waals surface area contributed by atoms with Gasteiger partial charge in [-0.1, -0.05) is 41.9 Å². The van der Waals surface area contributed by atoms with Gasteiger partial charge in [0, 0.05) is 23.7 Å². The van der Waals surface area contributed by atoms with Crippen molar-refractivity contribution >= 4 is 27.5 Å². The minimum Gasteiger partial charge on any atom is -0.497 e. The first-order valence-corrected chi connectivity index (χ1v) is 12.0. The van der Waals surface area contributed by atoms with Crippen molar-refractivity contribution in [2.45, 2.75) is 17.9 Å². The highest BCUT2D eigenvalue weighted by molar-refractivity contribution is 7.89. The van der Waals surface area contributed by atoms with E-state index in [4.69, 9.17) is 16.3 Å². The van der Waals surface area contributed by atoms with Crippen LogP contribution in [0.5, 0.6) is 5.75 Å². The SMILES string of the molecule is COc1ccc(CCNC(=O)CN(Cc2ccccc2F)S(=O)(=O)c2ccc(Cl)cc2)cc1. The number of halogens is 2. The molecule has 0 unspecified atom stereocenters. The molecular formula is C24H24ClFN2O4S. The molecule has 174 valence electrons. The summed E-state index contributed by atoms with van der Waals surface area (Å²) in [5, 5.41) is 3.11. The van der Waals surface area contributed by atoms with Gasteiger partial charge in [0.05, 0.1) is 18.6 Å². The number of rotatable bonds is 10. The van der Waals surface area contributed by atoms with Crippen LogP contribution in [0.4, 0.5) is 4.39 Å². The van der Waals surface area contributed by atoms with Crippen molar-refractivity contribution in [3.8, 4) is 5.75 Å². The van der Waals surface area contributed by atoms with Crippen LogP contribution in [0.25, 0.3) is 0 Å². The Labute approximate surface area is 198 Å². The lowest BCUT2D eigenvalue weighted by Gasteiger charge is -2.22. The summed E-state index contributed by atoms with van der Waals surface area (Å²) < 4.78 is 46.7. The summed E-state index contributed by atoms with van der Waals surface area (Å²) in [5.74, 6) is -0.301. The smallest absolute Gasteiger partial charge is 0.243 e. The van der Waals surface area contributed by atoms with Gasteiger partial charge in [0.1, 0.15) is 11.6 Å². The van der Waals surface area contributed by atoms with E-state index in [-0.39, 0.29) is 17.0 Å². The summed E-state index contributed by atoms with van der Waals surface area (Å²) in [4.78, 5) is 12.6. The molecule has 3 aromatic carbocycles. The molecule has 0 atom stereocenters. The lowest BCUT2D eigenvalue weighted by atomic mass is 10.1. The molecule has 0 radical (unpaired) electrons. The molecule has 6 nitrogen and oxygen atoms in total. The van der Waals surface area contributed by atoms with Gasteiger partial charge in [-0.25, -0.2) is 12.8 Å². The highest BCUT2D eigenvalue weighted by Gasteiger charge is 2.27. The van der Waals surface area contributed by atoms with Crippen LogP contribution in [0.3, 0.4) is 0 Å². The molecule has 0 aliphatic rings. The molecule has 0 aliphatic carbocycles. The van der Waals surface area contributed by atoms with Crippen LogP contribution in [0, 0.1) is 5.82 Å². The Bertz CT molecular complexity index is 1190. The standard InChI is InChI=1S/C24H24ClFN2O4S/c1-32-21-10-6-18(7-11-21)14-15-27-24(29)17-28(16-19-4-2-3-5-23(19)26)33(30,31)22-12-8-20(25)9-13-22/h2-13H,14-17H2,1H3,(H,27,29). The van der Waals surface area contributed by atoms with Gasteiger partial charge >= 0.3 is 0 Å². The van der Waals surface area contributed by atoms with Crippen LogP contribution < -0.4 is 10.1 Å². The molecule has 0 saturated heterocycles. The van der Waals surface area contributed by atoms with Crippen LogP contribution in [-0.2, 0) is 27.8 Å². The number of sulfonamides is 1. The normalized spacial score (nSPS) is 11.4. The Morgan fingerprint density at radius 1 is 1.03 bits per heavy atom. The van der Waals surface area contributed by atoms with Crippen molar-refractivity contribution in [2.75, 3.05) is 20.2 Å². The molecule has 0 aromatic heterocycles. The summed E-state index contributed by atoms with van der Waals surface area (Å²) >= 11 is 5.87. The molecule has 0 aliphatic heterocycles. The van der Waals surface area contributed by atoms with Crippen LogP contribution in [0.2, 0.25) is 5.02 Å². The van der Waals surface area contributed by atoms with E-state index in [2.05, 4.69) is 5.32 Å². The summed E-state index contributed by atoms with van der Waals surface area (Å²) in [6, 6.07) is 18.9. The second kappa shape index (κ2) is 11.3. The largest absolute Gasteiger partial charge is 0.497 e. The van der Waals surface area contributed by atoms with Gasteiger partial charge in [-0.3, -0.25) is 4.79 Å². The van der Waals surface area contributed by atoms with Gasteiger partial charge in [0.25, 0.3) is 0 Å². The van der Waals surface area contributed by atoms with Crippen LogP contribution in [0.15, 0.2) is 77.7 Å². The summed E-state index contributed by atoms with van der Waals surface area (Å²) in [7, 11) is -2.50. The molecule has 0 heterocycles. The number of hydrogen-bond acceptors (Lipinski definition) is 4. The van der Waals surface area contributed by atoms with Crippen molar-refractivity contribution in [1.29, 1.82) is 0 Å². The van der Waals surface area contributed by atoms with E-state index in [9.17, 15) is 17.6 Å². The van der Waals surface area contributed by atoms with Crippen molar-refractivity contribution in [1.82, 2.24) is 9.62 Å². The fourth-order valence-electron chi connectivity index (χ4n) is 3.15. The summed E-state index contributed by atoms with van der Waals surface area (Å²) in [6.45, 7) is -0.425. The zero-order chi connectivity index (χ0) is 23.8. The van der Waals surface area contributed by atoms with E-state index < -0.39 is 28.3 Å². The maximum atomic E-state index is 14.2. The third-order valence-electron chi connectivity index (χ3n) is 4.97. The highest BCUT2D eigenvalue weighted by atomic mass is 35.5. The molecule has 0 fully saturated rings. The minimum absolute atomic E-state index is 0.0331. The molecule has 33 heavy (non-hydrogen) atoms. The zero-order valence-electron chi connectivity index (χ0n) is 18.0. The van der Waals surface area contributed by atoms with Gasteiger partial charge in [-0.2, -0.15) is 4.31 Å². The number of methoxy groups -OCH3 is 1. The van der Waals surface area contributed by atoms with E-state index in [1.54, 1.807) is 13.2 Å². The molecule has 0 spiro atoms. The molecule has 9 heteroatoms. The first-order valence-electron chi connectivity index (χ1n) is 10.2. The number of carbonyl (C=O) groups is 1. The molecule has 0 bridgehead atoms. The number of nitrogens with one attached hydrogen (secondary N) is 1. The summed E-state index contributed by atoms with van der Waals surface area (Å²) in [6.07, 6.45) is 0.562. The number of hydrogen-bond donors (Lipinski definition) is 1. The summed E-state index contributed by atoms with van der Waals surface area (Å²) in [5.41, 5.74) is 1.16. The fraction of sp³-hybridized carbons (Fsp3) is 0.208. The number of nitrogens with zero attached hydrogens (tertiary/aromatic N) is 1. The topological polar surface area (TPSA) is 75.7 Å². The van der Waals surface area contributed by atoms with Crippen molar-refractivity contribution in [2.24, 2.45) is 0 Å².